The molecule has 6 heteroatoms. The minimum Gasteiger partial charge on any atom is -0.356 e. The lowest BCUT2D eigenvalue weighted by Gasteiger charge is -2.22. The number of para-hydroxylation sites is 1. The summed E-state index contributed by atoms with van der Waals surface area (Å²) in [6.45, 7) is 3.71. The molecule has 0 spiro atoms. The van der Waals surface area contributed by atoms with Crippen molar-refractivity contribution in [3.8, 4) is 0 Å². The molecule has 124 valence electrons. The number of aromatic nitrogens is 1. The second kappa shape index (κ2) is 7.59. The van der Waals surface area contributed by atoms with Gasteiger partial charge in [-0.15, -0.1) is 0 Å². The number of carbonyl (C=O) groups is 1. The molecule has 24 heavy (non-hydrogen) atoms. The van der Waals surface area contributed by atoms with Crippen molar-refractivity contribution in [2.45, 2.75) is 13.3 Å². The Kier molecular flexibility index (Phi) is 5.05. The molecule has 1 aliphatic rings. The van der Waals surface area contributed by atoms with Crippen LogP contribution in [-0.4, -0.2) is 36.5 Å². The summed E-state index contributed by atoms with van der Waals surface area (Å²) in [4.78, 5) is 22.7. The van der Waals surface area contributed by atoms with Crippen molar-refractivity contribution in [1.29, 1.82) is 0 Å². The van der Waals surface area contributed by atoms with E-state index in [0.29, 0.717) is 5.69 Å². The van der Waals surface area contributed by atoms with Gasteiger partial charge in [-0.05, 0) is 37.1 Å². The van der Waals surface area contributed by atoms with E-state index in [4.69, 9.17) is 0 Å². The normalized spacial score (nSPS) is 13.5. The van der Waals surface area contributed by atoms with Gasteiger partial charge in [-0.3, -0.25) is 9.78 Å². The number of nitrogens with zero attached hydrogens (tertiary/aromatic N) is 3. The van der Waals surface area contributed by atoms with Crippen LogP contribution < -0.4 is 15.5 Å². The number of aliphatic imine (C=N–C) groups is 1. The highest BCUT2D eigenvalue weighted by Crippen LogP contribution is 2.27. The second-order valence-electron chi connectivity index (χ2n) is 5.49. The number of carbonyl (C=O) groups excluding carboxylic acids is 1. The highest BCUT2D eigenvalue weighted by molar-refractivity contribution is 6.00. The van der Waals surface area contributed by atoms with E-state index in [2.05, 4.69) is 37.6 Å². The standard InChI is InChI=1S/C18H21N5O/c1-2-20-18(23-11-9-14-6-3-4-8-16(14)23)21-13-17(24)22-15-7-5-10-19-12-15/h3-8,10,12H,2,9,11,13H2,1H3,(H,20,21)(H,22,24). The van der Waals surface area contributed by atoms with Crippen LogP contribution in [-0.2, 0) is 11.2 Å². The monoisotopic (exact) mass is 323 g/mol. The predicted octanol–water partition coefficient (Wildman–Crippen LogP) is 2.05. The Labute approximate surface area is 141 Å². The molecule has 1 amide bonds. The van der Waals surface area contributed by atoms with Gasteiger partial charge in [-0.25, -0.2) is 4.99 Å². The van der Waals surface area contributed by atoms with Crippen LogP contribution in [0.5, 0.6) is 0 Å². The maximum absolute atomic E-state index is 12.1. The van der Waals surface area contributed by atoms with Crippen LogP contribution >= 0.6 is 0 Å². The third-order valence-electron chi connectivity index (χ3n) is 3.80. The summed E-state index contributed by atoms with van der Waals surface area (Å²) in [5.41, 5.74) is 3.14. The summed E-state index contributed by atoms with van der Waals surface area (Å²) >= 11 is 0. The Morgan fingerprint density at radius 2 is 2.17 bits per heavy atom. The minimum absolute atomic E-state index is 0.0654. The number of nitrogens with one attached hydrogen (secondary N) is 2. The summed E-state index contributed by atoms with van der Waals surface area (Å²) in [6, 6.07) is 11.9. The number of rotatable bonds is 4. The summed E-state index contributed by atoms with van der Waals surface area (Å²) in [6.07, 6.45) is 4.27. The van der Waals surface area contributed by atoms with Gasteiger partial charge in [0.1, 0.15) is 6.54 Å². The summed E-state index contributed by atoms with van der Waals surface area (Å²) < 4.78 is 0. The van der Waals surface area contributed by atoms with E-state index in [1.807, 2.05) is 19.1 Å². The first kappa shape index (κ1) is 16.0. The number of anilines is 2. The number of hydrogen-bond donors (Lipinski definition) is 2. The molecular weight excluding hydrogens is 302 g/mol. The Morgan fingerprint density at radius 3 is 2.96 bits per heavy atom. The summed E-state index contributed by atoms with van der Waals surface area (Å²) in [5.74, 6) is 0.578. The van der Waals surface area contributed by atoms with E-state index in [1.54, 1.807) is 24.5 Å². The maximum atomic E-state index is 12.1. The summed E-state index contributed by atoms with van der Waals surface area (Å²) in [5, 5.41) is 6.06. The molecule has 0 fully saturated rings. The molecule has 2 aromatic rings. The van der Waals surface area contributed by atoms with Crippen molar-refractivity contribution in [1.82, 2.24) is 10.3 Å². The average Bonchev–Trinajstić information content (AvgIpc) is 3.03. The van der Waals surface area contributed by atoms with E-state index in [9.17, 15) is 4.79 Å². The number of fused-ring (bicyclic) bond motifs is 1. The molecule has 0 aliphatic carbocycles. The number of benzene rings is 1. The minimum atomic E-state index is -0.161. The van der Waals surface area contributed by atoms with Gasteiger partial charge in [0, 0.05) is 25.0 Å². The van der Waals surface area contributed by atoms with E-state index in [1.165, 1.54) is 5.56 Å². The Balaban J connectivity index is 1.69. The van der Waals surface area contributed by atoms with Crippen LogP contribution in [0.25, 0.3) is 0 Å². The third-order valence-corrected chi connectivity index (χ3v) is 3.80. The van der Waals surface area contributed by atoms with Gasteiger partial charge in [-0.1, -0.05) is 18.2 Å². The molecule has 0 atom stereocenters. The molecule has 0 unspecified atom stereocenters. The molecule has 2 heterocycles. The number of pyridine rings is 1. The first-order chi connectivity index (χ1) is 11.8. The largest absolute Gasteiger partial charge is 0.356 e. The van der Waals surface area contributed by atoms with Gasteiger partial charge in [0.05, 0.1) is 11.9 Å². The number of hydrogen-bond acceptors (Lipinski definition) is 3. The van der Waals surface area contributed by atoms with Crippen molar-refractivity contribution in [2.24, 2.45) is 4.99 Å². The van der Waals surface area contributed by atoms with E-state index in [-0.39, 0.29) is 12.5 Å². The zero-order valence-electron chi connectivity index (χ0n) is 13.7. The molecular formula is C18H21N5O. The topological polar surface area (TPSA) is 69.6 Å². The highest BCUT2D eigenvalue weighted by Gasteiger charge is 2.22. The SMILES string of the molecule is CCNC(=NCC(=O)Nc1cccnc1)N1CCc2ccccc21. The lowest BCUT2D eigenvalue weighted by Crippen LogP contribution is -2.41. The van der Waals surface area contributed by atoms with Gasteiger partial charge >= 0.3 is 0 Å². The molecule has 3 rings (SSSR count). The van der Waals surface area contributed by atoms with E-state index in [0.717, 1.165) is 31.2 Å². The van der Waals surface area contributed by atoms with E-state index < -0.39 is 0 Å². The fourth-order valence-corrected chi connectivity index (χ4v) is 2.74. The molecule has 2 N–H and O–H groups in total. The zero-order chi connectivity index (χ0) is 16.8. The number of guanidine groups is 1. The van der Waals surface area contributed by atoms with Crippen molar-refractivity contribution in [3.05, 3.63) is 54.4 Å². The molecule has 1 aliphatic heterocycles. The van der Waals surface area contributed by atoms with Crippen molar-refractivity contribution < 1.29 is 4.79 Å². The van der Waals surface area contributed by atoms with Crippen LogP contribution in [0.3, 0.4) is 0 Å². The van der Waals surface area contributed by atoms with Crippen LogP contribution in [0.15, 0.2) is 53.8 Å². The van der Waals surface area contributed by atoms with Crippen LogP contribution in [0, 0.1) is 0 Å². The first-order valence-corrected chi connectivity index (χ1v) is 8.11. The van der Waals surface area contributed by atoms with Gasteiger partial charge < -0.3 is 15.5 Å². The fourth-order valence-electron chi connectivity index (χ4n) is 2.74. The summed E-state index contributed by atoms with van der Waals surface area (Å²) in [7, 11) is 0. The van der Waals surface area contributed by atoms with Crippen LogP contribution in [0.1, 0.15) is 12.5 Å². The lowest BCUT2D eigenvalue weighted by molar-refractivity contribution is -0.114. The predicted molar refractivity (Wildman–Crippen MR) is 96.3 cm³/mol. The van der Waals surface area contributed by atoms with Crippen LogP contribution in [0.4, 0.5) is 11.4 Å². The van der Waals surface area contributed by atoms with Gasteiger partial charge in [0.2, 0.25) is 5.91 Å². The lowest BCUT2D eigenvalue weighted by atomic mass is 10.2. The maximum Gasteiger partial charge on any atom is 0.246 e. The second-order valence-corrected chi connectivity index (χ2v) is 5.49. The fraction of sp³-hybridized carbons (Fsp3) is 0.278. The molecule has 0 saturated carbocycles. The average molecular weight is 323 g/mol. The number of amides is 1. The zero-order valence-corrected chi connectivity index (χ0v) is 13.7. The smallest absolute Gasteiger partial charge is 0.246 e. The Morgan fingerprint density at radius 1 is 1.29 bits per heavy atom. The highest BCUT2D eigenvalue weighted by atomic mass is 16.1. The first-order valence-electron chi connectivity index (χ1n) is 8.11. The van der Waals surface area contributed by atoms with Crippen molar-refractivity contribution in [3.63, 3.8) is 0 Å². The molecule has 0 radical (unpaired) electrons. The molecule has 1 aromatic carbocycles. The van der Waals surface area contributed by atoms with Crippen LogP contribution in [0.2, 0.25) is 0 Å². The molecule has 6 nitrogen and oxygen atoms in total. The molecule has 0 bridgehead atoms. The Hall–Kier alpha value is -2.89. The van der Waals surface area contributed by atoms with Crippen molar-refractivity contribution >= 4 is 23.2 Å². The Bertz CT molecular complexity index is 729. The van der Waals surface area contributed by atoms with Crippen molar-refractivity contribution in [2.75, 3.05) is 29.9 Å². The quantitative estimate of drug-likeness (QED) is 0.667. The van der Waals surface area contributed by atoms with E-state index >= 15 is 0 Å². The third kappa shape index (κ3) is 3.71. The van der Waals surface area contributed by atoms with Gasteiger partial charge in [0.25, 0.3) is 0 Å². The molecule has 1 aromatic heterocycles. The van der Waals surface area contributed by atoms with Gasteiger partial charge in [-0.2, -0.15) is 0 Å². The molecule has 0 saturated heterocycles. The van der Waals surface area contributed by atoms with Gasteiger partial charge in [0.15, 0.2) is 5.96 Å².